The number of hydrogen-bond donors (Lipinski definition) is 0. The van der Waals surface area contributed by atoms with Crippen molar-refractivity contribution in [3.8, 4) is 0 Å². The van der Waals surface area contributed by atoms with E-state index in [1.807, 2.05) is 38.1 Å². The number of benzene rings is 1. The number of halogens is 1. The van der Waals surface area contributed by atoms with Crippen LogP contribution in [0.3, 0.4) is 0 Å². The van der Waals surface area contributed by atoms with E-state index in [1.54, 1.807) is 23.4 Å². The number of aryl methyl sites for hydroxylation is 1. The normalized spacial score (nSPS) is 10.3. The molecule has 4 heteroatoms. The molecular formula is C15H15BrN2O. The van der Waals surface area contributed by atoms with E-state index in [0.717, 1.165) is 15.7 Å². The molecule has 0 N–H and O–H groups in total. The molecule has 0 radical (unpaired) electrons. The second-order valence-corrected chi connectivity index (χ2v) is 5.14. The van der Waals surface area contributed by atoms with Gasteiger partial charge in [0.15, 0.2) is 0 Å². The van der Waals surface area contributed by atoms with Gasteiger partial charge in [0.1, 0.15) is 0 Å². The van der Waals surface area contributed by atoms with E-state index < -0.39 is 0 Å². The molecule has 3 nitrogen and oxygen atoms in total. The van der Waals surface area contributed by atoms with Gasteiger partial charge in [0.05, 0.1) is 5.56 Å². The minimum atomic E-state index is -0.0365. The predicted molar refractivity (Wildman–Crippen MR) is 80.5 cm³/mol. The molecule has 2 aromatic rings. The SMILES string of the molecule is CCN(C(=O)c1cncc(Br)c1)c1ccccc1C. The van der Waals surface area contributed by atoms with Gasteiger partial charge in [-0.15, -0.1) is 0 Å². The highest BCUT2D eigenvalue weighted by Gasteiger charge is 2.17. The number of hydrogen-bond acceptors (Lipinski definition) is 2. The van der Waals surface area contributed by atoms with Crippen molar-refractivity contribution in [3.63, 3.8) is 0 Å². The first-order chi connectivity index (χ1) is 9.13. The number of nitrogens with zero attached hydrogens (tertiary/aromatic N) is 2. The van der Waals surface area contributed by atoms with E-state index in [-0.39, 0.29) is 5.91 Å². The van der Waals surface area contributed by atoms with Gasteiger partial charge in [-0.1, -0.05) is 18.2 Å². The summed E-state index contributed by atoms with van der Waals surface area (Å²) in [5, 5.41) is 0. The molecule has 19 heavy (non-hydrogen) atoms. The van der Waals surface area contributed by atoms with Gasteiger partial charge in [-0.3, -0.25) is 9.78 Å². The number of aromatic nitrogens is 1. The van der Waals surface area contributed by atoms with Crippen LogP contribution in [0.4, 0.5) is 5.69 Å². The van der Waals surface area contributed by atoms with Crippen molar-refractivity contribution >= 4 is 27.5 Å². The molecule has 0 aliphatic carbocycles. The number of para-hydroxylation sites is 1. The lowest BCUT2D eigenvalue weighted by molar-refractivity contribution is 0.0987. The number of carbonyl (C=O) groups excluding carboxylic acids is 1. The van der Waals surface area contributed by atoms with E-state index in [2.05, 4.69) is 20.9 Å². The Balaban J connectivity index is 2.38. The summed E-state index contributed by atoms with van der Waals surface area (Å²) in [6, 6.07) is 9.66. The fraction of sp³-hybridized carbons (Fsp3) is 0.200. The maximum atomic E-state index is 12.5. The zero-order valence-electron chi connectivity index (χ0n) is 10.9. The Kier molecular flexibility index (Phi) is 4.32. The van der Waals surface area contributed by atoms with Crippen molar-refractivity contribution in [2.24, 2.45) is 0 Å². The molecule has 2 rings (SSSR count). The van der Waals surface area contributed by atoms with Crippen LogP contribution in [0.5, 0.6) is 0 Å². The van der Waals surface area contributed by atoms with Gasteiger partial charge in [-0.2, -0.15) is 0 Å². The average Bonchev–Trinajstić information content (AvgIpc) is 2.41. The van der Waals surface area contributed by atoms with Crippen LogP contribution in [-0.4, -0.2) is 17.4 Å². The molecule has 0 fully saturated rings. The molecule has 0 atom stereocenters. The molecular weight excluding hydrogens is 304 g/mol. The summed E-state index contributed by atoms with van der Waals surface area (Å²) in [4.78, 5) is 18.4. The van der Waals surface area contributed by atoms with Crippen LogP contribution < -0.4 is 4.90 Å². The summed E-state index contributed by atoms with van der Waals surface area (Å²) in [5.41, 5.74) is 2.61. The molecule has 1 aromatic carbocycles. The maximum absolute atomic E-state index is 12.5. The number of carbonyl (C=O) groups is 1. The zero-order valence-corrected chi connectivity index (χ0v) is 12.5. The second kappa shape index (κ2) is 5.97. The third-order valence-electron chi connectivity index (χ3n) is 2.92. The average molecular weight is 319 g/mol. The first-order valence-electron chi connectivity index (χ1n) is 6.11. The smallest absolute Gasteiger partial charge is 0.259 e. The Labute approximate surface area is 121 Å². The fourth-order valence-corrected chi connectivity index (χ4v) is 2.34. The summed E-state index contributed by atoms with van der Waals surface area (Å²) < 4.78 is 0.805. The highest BCUT2D eigenvalue weighted by atomic mass is 79.9. The minimum Gasteiger partial charge on any atom is -0.308 e. The highest BCUT2D eigenvalue weighted by Crippen LogP contribution is 2.22. The van der Waals surface area contributed by atoms with Gasteiger partial charge in [-0.25, -0.2) is 0 Å². The molecule has 0 bridgehead atoms. The van der Waals surface area contributed by atoms with Crippen molar-refractivity contribution in [3.05, 3.63) is 58.3 Å². The van der Waals surface area contributed by atoms with Crippen molar-refractivity contribution in [2.75, 3.05) is 11.4 Å². The molecule has 0 saturated heterocycles. The Morgan fingerprint density at radius 3 is 2.68 bits per heavy atom. The lowest BCUT2D eigenvalue weighted by Gasteiger charge is -2.22. The molecule has 1 aromatic heterocycles. The minimum absolute atomic E-state index is 0.0365. The van der Waals surface area contributed by atoms with Crippen LogP contribution in [0.1, 0.15) is 22.8 Å². The molecule has 0 aliphatic rings. The molecule has 0 spiro atoms. The standard InChI is InChI=1S/C15H15BrN2O/c1-3-18(14-7-5-4-6-11(14)2)15(19)12-8-13(16)10-17-9-12/h4-10H,3H2,1-2H3. The van der Waals surface area contributed by atoms with Crippen LogP contribution in [0.15, 0.2) is 47.2 Å². The van der Waals surface area contributed by atoms with Crippen molar-refractivity contribution in [1.29, 1.82) is 0 Å². The quantitative estimate of drug-likeness (QED) is 0.862. The Bertz CT molecular complexity index is 598. The summed E-state index contributed by atoms with van der Waals surface area (Å²) >= 11 is 3.34. The Morgan fingerprint density at radius 1 is 1.32 bits per heavy atom. The maximum Gasteiger partial charge on any atom is 0.259 e. The van der Waals surface area contributed by atoms with Crippen molar-refractivity contribution in [2.45, 2.75) is 13.8 Å². The number of pyridine rings is 1. The van der Waals surface area contributed by atoms with Gasteiger partial charge in [-0.05, 0) is 47.5 Å². The second-order valence-electron chi connectivity index (χ2n) is 4.23. The van der Waals surface area contributed by atoms with Crippen LogP contribution in [0, 0.1) is 6.92 Å². The van der Waals surface area contributed by atoms with Crippen LogP contribution in [0.2, 0.25) is 0 Å². The molecule has 0 saturated carbocycles. The summed E-state index contributed by atoms with van der Waals surface area (Å²) in [6.07, 6.45) is 3.26. The van der Waals surface area contributed by atoms with E-state index in [9.17, 15) is 4.79 Å². The largest absolute Gasteiger partial charge is 0.308 e. The summed E-state index contributed by atoms with van der Waals surface area (Å²) in [5.74, 6) is -0.0365. The topological polar surface area (TPSA) is 33.2 Å². The highest BCUT2D eigenvalue weighted by molar-refractivity contribution is 9.10. The monoisotopic (exact) mass is 318 g/mol. The Morgan fingerprint density at radius 2 is 2.05 bits per heavy atom. The molecule has 0 aliphatic heterocycles. The van der Waals surface area contributed by atoms with E-state index in [1.165, 1.54) is 0 Å². The van der Waals surface area contributed by atoms with Crippen molar-refractivity contribution in [1.82, 2.24) is 4.98 Å². The summed E-state index contributed by atoms with van der Waals surface area (Å²) in [7, 11) is 0. The lowest BCUT2D eigenvalue weighted by Crippen LogP contribution is -2.31. The van der Waals surface area contributed by atoms with E-state index in [4.69, 9.17) is 0 Å². The van der Waals surface area contributed by atoms with Crippen molar-refractivity contribution < 1.29 is 4.79 Å². The molecule has 1 amide bonds. The third-order valence-corrected chi connectivity index (χ3v) is 3.35. The first-order valence-corrected chi connectivity index (χ1v) is 6.91. The van der Waals surface area contributed by atoms with Crippen LogP contribution in [0.25, 0.3) is 0 Å². The zero-order chi connectivity index (χ0) is 13.8. The lowest BCUT2D eigenvalue weighted by atomic mass is 10.1. The van der Waals surface area contributed by atoms with E-state index >= 15 is 0 Å². The molecule has 1 heterocycles. The van der Waals surface area contributed by atoms with Gasteiger partial charge in [0.2, 0.25) is 0 Å². The fourth-order valence-electron chi connectivity index (χ4n) is 1.97. The van der Waals surface area contributed by atoms with Gasteiger partial charge in [0.25, 0.3) is 5.91 Å². The van der Waals surface area contributed by atoms with Crippen LogP contribution in [-0.2, 0) is 0 Å². The summed E-state index contributed by atoms with van der Waals surface area (Å²) in [6.45, 7) is 4.59. The number of anilines is 1. The predicted octanol–water partition coefficient (Wildman–Crippen LogP) is 3.82. The first kappa shape index (κ1) is 13.7. The Hall–Kier alpha value is -1.68. The van der Waals surface area contributed by atoms with Gasteiger partial charge in [0, 0.05) is 29.1 Å². The number of amides is 1. The van der Waals surface area contributed by atoms with Gasteiger partial charge >= 0.3 is 0 Å². The van der Waals surface area contributed by atoms with Gasteiger partial charge < -0.3 is 4.90 Å². The van der Waals surface area contributed by atoms with Crippen LogP contribution >= 0.6 is 15.9 Å². The molecule has 98 valence electrons. The number of rotatable bonds is 3. The molecule has 0 unspecified atom stereocenters. The third kappa shape index (κ3) is 3.01. The van der Waals surface area contributed by atoms with E-state index in [0.29, 0.717) is 12.1 Å².